The average molecular weight is 285 g/mol. The quantitative estimate of drug-likeness (QED) is 0.798. The van der Waals surface area contributed by atoms with E-state index >= 15 is 0 Å². The maximum atomic E-state index is 12.4. The van der Waals surface area contributed by atoms with E-state index in [0.717, 1.165) is 6.42 Å². The number of Topliss-reactive ketones (excluding diaryl/α,β-unsaturated/α-hetero) is 1. The summed E-state index contributed by atoms with van der Waals surface area (Å²) in [6.07, 6.45) is 0.844. The van der Waals surface area contributed by atoms with Gasteiger partial charge in [-0.15, -0.1) is 0 Å². The van der Waals surface area contributed by atoms with Gasteiger partial charge in [-0.25, -0.2) is 0 Å². The Morgan fingerprint density at radius 1 is 1.32 bits per heavy atom. The summed E-state index contributed by atoms with van der Waals surface area (Å²) in [5, 5.41) is 0.377. The molecule has 0 saturated carbocycles. The number of hydrogen-bond acceptors (Lipinski definition) is 4. The van der Waals surface area contributed by atoms with Crippen molar-refractivity contribution < 1.29 is 19.0 Å². The van der Waals surface area contributed by atoms with Crippen molar-refractivity contribution in [2.45, 2.75) is 19.4 Å². The Kier molecular flexibility index (Phi) is 4.32. The second kappa shape index (κ2) is 5.80. The van der Waals surface area contributed by atoms with Crippen LogP contribution >= 0.6 is 11.6 Å². The van der Waals surface area contributed by atoms with Crippen LogP contribution in [0.15, 0.2) is 12.1 Å². The van der Waals surface area contributed by atoms with Crippen molar-refractivity contribution in [1.82, 2.24) is 0 Å². The predicted octanol–water partition coefficient (Wildman–Crippen LogP) is 2.96. The van der Waals surface area contributed by atoms with Gasteiger partial charge >= 0.3 is 0 Å². The second-order valence-corrected chi connectivity index (χ2v) is 5.04. The monoisotopic (exact) mass is 284 g/mol. The van der Waals surface area contributed by atoms with Gasteiger partial charge in [-0.3, -0.25) is 4.79 Å². The lowest BCUT2D eigenvalue weighted by atomic mass is 9.95. The summed E-state index contributed by atoms with van der Waals surface area (Å²) in [5.41, 5.74) is 0.460. The number of ether oxygens (including phenoxy) is 3. The number of methoxy groups -OCH3 is 2. The minimum atomic E-state index is -0.134. The number of benzene rings is 1. The minimum Gasteiger partial charge on any atom is -0.493 e. The molecular formula is C14H17ClO4. The average Bonchev–Trinajstić information content (AvgIpc) is 2.84. The van der Waals surface area contributed by atoms with Crippen molar-refractivity contribution in [1.29, 1.82) is 0 Å². The summed E-state index contributed by atoms with van der Waals surface area (Å²) in [6.45, 7) is 2.41. The van der Waals surface area contributed by atoms with E-state index < -0.39 is 0 Å². The van der Waals surface area contributed by atoms with E-state index in [4.69, 9.17) is 25.8 Å². The van der Waals surface area contributed by atoms with Crippen molar-refractivity contribution in [3.8, 4) is 11.5 Å². The molecule has 1 aliphatic rings. The predicted molar refractivity (Wildman–Crippen MR) is 72.4 cm³/mol. The van der Waals surface area contributed by atoms with E-state index in [1.807, 2.05) is 6.92 Å². The Labute approximate surface area is 117 Å². The van der Waals surface area contributed by atoms with Crippen molar-refractivity contribution in [3.63, 3.8) is 0 Å². The highest BCUT2D eigenvalue weighted by Gasteiger charge is 2.30. The summed E-state index contributed by atoms with van der Waals surface area (Å²) >= 11 is 6.15. The van der Waals surface area contributed by atoms with Gasteiger partial charge in [0.1, 0.15) is 0 Å². The third-order valence-corrected chi connectivity index (χ3v) is 3.62. The third kappa shape index (κ3) is 2.85. The molecule has 1 aromatic rings. The zero-order chi connectivity index (χ0) is 14.0. The normalized spacial score (nSPS) is 22.3. The van der Waals surface area contributed by atoms with Crippen molar-refractivity contribution in [2.75, 3.05) is 20.8 Å². The van der Waals surface area contributed by atoms with Crippen LogP contribution in [0.5, 0.6) is 11.5 Å². The van der Waals surface area contributed by atoms with E-state index in [0.29, 0.717) is 28.7 Å². The summed E-state index contributed by atoms with van der Waals surface area (Å²) in [7, 11) is 3.06. The van der Waals surface area contributed by atoms with Gasteiger partial charge in [0.15, 0.2) is 17.3 Å². The molecular weight excluding hydrogens is 268 g/mol. The molecule has 1 heterocycles. The lowest BCUT2D eigenvalue weighted by Gasteiger charge is -2.13. The first-order valence-corrected chi connectivity index (χ1v) is 6.52. The Balaban J connectivity index is 2.31. The van der Waals surface area contributed by atoms with E-state index in [9.17, 15) is 4.79 Å². The smallest absolute Gasteiger partial charge is 0.169 e. The fraction of sp³-hybridized carbons (Fsp3) is 0.500. The first-order chi connectivity index (χ1) is 9.06. The highest BCUT2D eigenvalue weighted by atomic mass is 35.5. The molecule has 0 amide bonds. The molecule has 1 fully saturated rings. The van der Waals surface area contributed by atoms with Crippen molar-refractivity contribution in [2.24, 2.45) is 5.92 Å². The SMILES string of the molecule is COc1cc(Cl)c(C(=O)C2COC(C)C2)cc1OC. The van der Waals surface area contributed by atoms with Crippen LogP contribution < -0.4 is 9.47 Å². The van der Waals surface area contributed by atoms with Crippen LogP contribution in [0.3, 0.4) is 0 Å². The standard InChI is InChI=1S/C14H17ClO4/c1-8-4-9(7-19-8)14(16)10-5-12(17-2)13(18-3)6-11(10)15/h5-6,8-9H,4,7H2,1-3H3. The largest absolute Gasteiger partial charge is 0.493 e. The van der Waals surface area contributed by atoms with E-state index in [1.54, 1.807) is 12.1 Å². The molecule has 0 N–H and O–H groups in total. The Morgan fingerprint density at radius 2 is 1.95 bits per heavy atom. The molecule has 2 unspecified atom stereocenters. The summed E-state index contributed by atoms with van der Waals surface area (Å²) in [6, 6.07) is 3.24. The van der Waals surface area contributed by atoms with Crippen molar-refractivity contribution in [3.05, 3.63) is 22.7 Å². The molecule has 1 aliphatic heterocycles. The fourth-order valence-electron chi connectivity index (χ4n) is 2.26. The highest BCUT2D eigenvalue weighted by Crippen LogP contribution is 2.35. The van der Waals surface area contributed by atoms with Gasteiger partial charge < -0.3 is 14.2 Å². The molecule has 5 heteroatoms. The molecule has 2 rings (SSSR count). The van der Waals surface area contributed by atoms with Gasteiger partial charge in [0.2, 0.25) is 0 Å². The van der Waals surface area contributed by atoms with Gasteiger partial charge in [-0.1, -0.05) is 11.6 Å². The fourth-order valence-corrected chi connectivity index (χ4v) is 2.51. The lowest BCUT2D eigenvalue weighted by molar-refractivity contribution is 0.0877. The number of hydrogen-bond donors (Lipinski definition) is 0. The number of carbonyl (C=O) groups is 1. The molecule has 4 nitrogen and oxygen atoms in total. The molecule has 0 aromatic heterocycles. The summed E-state index contributed by atoms with van der Waals surface area (Å²) in [5.74, 6) is 0.878. The zero-order valence-corrected chi connectivity index (χ0v) is 12.0. The minimum absolute atomic E-state index is 0.00435. The van der Waals surface area contributed by atoms with Crippen LogP contribution in [0.2, 0.25) is 5.02 Å². The second-order valence-electron chi connectivity index (χ2n) is 4.63. The molecule has 1 saturated heterocycles. The zero-order valence-electron chi connectivity index (χ0n) is 11.2. The van der Waals surface area contributed by atoms with E-state index in [1.165, 1.54) is 14.2 Å². The van der Waals surface area contributed by atoms with Gasteiger partial charge in [-0.2, -0.15) is 0 Å². The molecule has 104 valence electrons. The molecule has 0 radical (unpaired) electrons. The van der Waals surface area contributed by atoms with Crippen LogP contribution in [0.4, 0.5) is 0 Å². The summed E-state index contributed by atoms with van der Waals surface area (Å²) in [4.78, 5) is 12.4. The van der Waals surface area contributed by atoms with Crippen LogP contribution in [0.1, 0.15) is 23.7 Å². The Morgan fingerprint density at radius 3 is 2.47 bits per heavy atom. The first-order valence-electron chi connectivity index (χ1n) is 6.14. The molecule has 0 spiro atoms. The Hall–Kier alpha value is -1.26. The number of halogens is 1. The van der Waals surface area contributed by atoms with Crippen LogP contribution in [0.25, 0.3) is 0 Å². The number of rotatable bonds is 4. The van der Waals surface area contributed by atoms with Crippen LogP contribution in [0, 0.1) is 5.92 Å². The highest BCUT2D eigenvalue weighted by molar-refractivity contribution is 6.34. The first kappa shape index (κ1) is 14.2. The maximum absolute atomic E-state index is 12.4. The summed E-state index contributed by atoms with van der Waals surface area (Å²) < 4.78 is 15.8. The molecule has 2 atom stereocenters. The van der Waals surface area contributed by atoms with Crippen LogP contribution in [-0.2, 0) is 4.74 Å². The number of carbonyl (C=O) groups excluding carboxylic acids is 1. The topological polar surface area (TPSA) is 44.8 Å². The molecule has 19 heavy (non-hydrogen) atoms. The van der Waals surface area contributed by atoms with E-state index in [-0.39, 0.29) is 17.8 Å². The molecule has 0 aliphatic carbocycles. The Bertz CT molecular complexity index is 487. The molecule has 1 aromatic carbocycles. The third-order valence-electron chi connectivity index (χ3n) is 3.31. The lowest BCUT2D eigenvalue weighted by Crippen LogP contribution is -2.15. The van der Waals surface area contributed by atoms with E-state index in [2.05, 4.69) is 0 Å². The number of ketones is 1. The molecule has 0 bridgehead atoms. The van der Waals surface area contributed by atoms with Gasteiger partial charge in [0.05, 0.1) is 32.0 Å². The van der Waals surface area contributed by atoms with Gasteiger partial charge in [-0.05, 0) is 19.4 Å². The van der Waals surface area contributed by atoms with Crippen molar-refractivity contribution >= 4 is 17.4 Å². The van der Waals surface area contributed by atoms with Gasteiger partial charge in [0.25, 0.3) is 0 Å². The van der Waals surface area contributed by atoms with Gasteiger partial charge in [0, 0.05) is 17.5 Å². The maximum Gasteiger partial charge on any atom is 0.169 e. The van der Waals surface area contributed by atoms with Crippen LogP contribution in [-0.4, -0.2) is 32.7 Å².